The van der Waals surface area contributed by atoms with Gasteiger partial charge < -0.3 is 0 Å². The van der Waals surface area contributed by atoms with Crippen LogP contribution >= 0.6 is 0 Å². The van der Waals surface area contributed by atoms with Gasteiger partial charge in [-0.15, -0.1) is 0 Å². The molecular formula is C14H20N2. The Kier molecular flexibility index (Phi) is 3.28. The molecule has 0 unspecified atom stereocenters. The maximum atomic E-state index is 8.94. The Hall–Kier alpha value is -1.49. The highest BCUT2D eigenvalue weighted by atomic mass is 15.1. The minimum absolute atomic E-state index is 0.152. The molecule has 0 heterocycles. The van der Waals surface area contributed by atoms with Gasteiger partial charge in [0.05, 0.1) is 5.69 Å². The fraction of sp³-hybridized carbons (Fsp3) is 0.500. The Morgan fingerprint density at radius 3 is 1.88 bits per heavy atom. The lowest BCUT2D eigenvalue weighted by molar-refractivity contribution is 0.589. The molecule has 16 heavy (non-hydrogen) atoms. The predicted octanol–water partition coefficient (Wildman–Crippen LogP) is 3.52. The highest BCUT2D eigenvalue weighted by Crippen LogP contribution is 2.30. The molecule has 0 aliphatic heterocycles. The lowest BCUT2D eigenvalue weighted by atomic mass is 9.84. The summed E-state index contributed by atoms with van der Waals surface area (Å²) >= 11 is 0. The van der Waals surface area contributed by atoms with Crippen molar-refractivity contribution in [3.63, 3.8) is 0 Å². The lowest BCUT2D eigenvalue weighted by Crippen LogP contribution is -2.15. The predicted molar refractivity (Wildman–Crippen MR) is 68.6 cm³/mol. The van der Waals surface area contributed by atoms with Crippen LogP contribution in [-0.2, 0) is 5.41 Å². The van der Waals surface area contributed by atoms with Crippen molar-refractivity contribution in [1.82, 2.24) is 0 Å². The highest BCUT2D eigenvalue weighted by Gasteiger charge is 2.17. The lowest BCUT2D eigenvalue weighted by Gasteiger charge is -2.23. The van der Waals surface area contributed by atoms with Gasteiger partial charge in [-0.1, -0.05) is 32.9 Å². The first-order chi connectivity index (χ1) is 7.27. The summed E-state index contributed by atoms with van der Waals surface area (Å²) in [5, 5.41) is 8.94. The SMILES string of the molecule is Cc1cc(C(C)(C)C)cc(C)c1N(C)C#N. The van der Waals surface area contributed by atoms with Gasteiger partial charge in [-0.3, -0.25) is 4.90 Å². The van der Waals surface area contributed by atoms with Gasteiger partial charge >= 0.3 is 0 Å². The molecule has 2 nitrogen and oxygen atoms in total. The molecule has 0 saturated carbocycles. The maximum Gasteiger partial charge on any atom is 0.184 e. The Labute approximate surface area is 98.5 Å². The van der Waals surface area contributed by atoms with E-state index < -0.39 is 0 Å². The van der Waals surface area contributed by atoms with Crippen LogP contribution in [0.25, 0.3) is 0 Å². The van der Waals surface area contributed by atoms with Gasteiger partial charge in [0.1, 0.15) is 0 Å². The minimum Gasteiger partial charge on any atom is -0.282 e. The zero-order chi connectivity index (χ0) is 12.5. The van der Waals surface area contributed by atoms with Crippen molar-refractivity contribution in [3.8, 4) is 6.19 Å². The summed E-state index contributed by atoms with van der Waals surface area (Å²) in [6, 6.07) is 4.35. The molecule has 1 aromatic carbocycles. The molecule has 0 atom stereocenters. The van der Waals surface area contributed by atoms with Crippen molar-refractivity contribution in [2.75, 3.05) is 11.9 Å². The minimum atomic E-state index is 0.152. The molecule has 0 aliphatic carbocycles. The van der Waals surface area contributed by atoms with Crippen molar-refractivity contribution >= 4 is 5.69 Å². The highest BCUT2D eigenvalue weighted by molar-refractivity contribution is 5.62. The molecular weight excluding hydrogens is 196 g/mol. The summed E-state index contributed by atoms with van der Waals surface area (Å²) in [5.41, 5.74) is 4.82. The number of aryl methyl sites for hydroxylation is 2. The fourth-order valence-electron chi connectivity index (χ4n) is 1.97. The second-order valence-electron chi connectivity index (χ2n) is 5.37. The van der Waals surface area contributed by atoms with Crippen molar-refractivity contribution in [2.24, 2.45) is 0 Å². The van der Waals surface area contributed by atoms with Crippen molar-refractivity contribution in [3.05, 3.63) is 28.8 Å². The standard InChI is InChI=1S/C14H20N2/c1-10-7-12(14(3,4)5)8-11(2)13(10)16(6)9-15/h7-8H,1-6H3. The van der Waals surface area contributed by atoms with E-state index in [-0.39, 0.29) is 5.41 Å². The van der Waals surface area contributed by atoms with Crippen molar-refractivity contribution in [2.45, 2.75) is 40.0 Å². The van der Waals surface area contributed by atoms with Crippen LogP contribution in [0, 0.1) is 25.3 Å². The first-order valence-electron chi connectivity index (χ1n) is 5.52. The Morgan fingerprint density at radius 2 is 1.56 bits per heavy atom. The van der Waals surface area contributed by atoms with Gasteiger partial charge in [0.2, 0.25) is 0 Å². The van der Waals surface area contributed by atoms with Gasteiger partial charge in [0.25, 0.3) is 0 Å². The topological polar surface area (TPSA) is 27.0 Å². The zero-order valence-corrected chi connectivity index (χ0v) is 11.0. The summed E-state index contributed by atoms with van der Waals surface area (Å²) < 4.78 is 0. The molecule has 0 fully saturated rings. The molecule has 0 aliphatic rings. The molecule has 0 amide bonds. The van der Waals surface area contributed by atoms with Gasteiger partial charge in [-0.05, 0) is 36.0 Å². The van der Waals surface area contributed by atoms with E-state index in [4.69, 9.17) is 5.26 Å². The van der Waals surface area contributed by atoms with E-state index >= 15 is 0 Å². The van der Waals surface area contributed by atoms with Gasteiger partial charge in [0.15, 0.2) is 6.19 Å². The first-order valence-corrected chi connectivity index (χ1v) is 5.52. The summed E-state index contributed by atoms with van der Waals surface area (Å²) in [7, 11) is 1.80. The third-order valence-electron chi connectivity index (χ3n) is 2.84. The van der Waals surface area contributed by atoms with E-state index in [0.717, 1.165) is 16.8 Å². The summed E-state index contributed by atoms with van der Waals surface area (Å²) in [4.78, 5) is 1.62. The fourth-order valence-corrected chi connectivity index (χ4v) is 1.97. The van der Waals surface area contributed by atoms with Crippen LogP contribution in [0.3, 0.4) is 0 Å². The number of nitriles is 1. The number of nitrogens with zero attached hydrogens (tertiary/aromatic N) is 2. The maximum absolute atomic E-state index is 8.94. The van der Waals surface area contributed by atoms with Gasteiger partial charge in [-0.25, -0.2) is 0 Å². The monoisotopic (exact) mass is 216 g/mol. The van der Waals surface area contributed by atoms with Crippen LogP contribution in [0.5, 0.6) is 0 Å². The normalized spacial score (nSPS) is 11.1. The quantitative estimate of drug-likeness (QED) is 0.530. The van der Waals surface area contributed by atoms with Crippen LogP contribution in [0.1, 0.15) is 37.5 Å². The molecule has 0 saturated heterocycles. The molecule has 0 N–H and O–H groups in total. The van der Waals surface area contributed by atoms with Crippen LogP contribution in [-0.4, -0.2) is 7.05 Å². The van der Waals surface area contributed by atoms with Gasteiger partial charge in [-0.2, -0.15) is 5.26 Å². The number of hydrogen-bond donors (Lipinski definition) is 0. The molecule has 0 bridgehead atoms. The average molecular weight is 216 g/mol. The van der Waals surface area contributed by atoms with E-state index in [1.807, 2.05) is 0 Å². The van der Waals surface area contributed by atoms with Gasteiger partial charge in [0, 0.05) is 7.05 Å². The first kappa shape index (κ1) is 12.6. The summed E-state index contributed by atoms with van der Waals surface area (Å²) in [5.74, 6) is 0. The number of rotatable bonds is 1. The van der Waals surface area contributed by atoms with E-state index in [1.54, 1.807) is 11.9 Å². The average Bonchev–Trinajstić information content (AvgIpc) is 2.14. The largest absolute Gasteiger partial charge is 0.282 e. The second-order valence-corrected chi connectivity index (χ2v) is 5.37. The molecule has 1 rings (SSSR count). The summed E-state index contributed by atoms with van der Waals surface area (Å²) in [6.45, 7) is 10.7. The van der Waals surface area contributed by atoms with Crippen molar-refractivity contribution in [1.29, 1.82) is 5.26 Å². The zero-order valence-electron chi connectivity index (χ0n) is 11.0. The number of anilines is 1. The number of hydrogen-bond acceptors (Lipinski definition) is 2. The third kappa shape index (κ3) is 2.36. The molecule has 2 heteroatoms. The smallest absolute Gasteiger partial charge is 0.184 e. The van der Waals surface area contributed by atoms with E-state index in [2.05, 4.69) is 52.9 Å². The van der Waals surface area contributed by atoms with E-state index in [0.29, 0.717) is 0 Å². The molecule has 0 spiro atoms. The molecule has 86 valence electrons. The Morgan fingerprint density at radius 1 is 1.12 bits per heavy atom. The van der Waals surface area contributed by atoms with Crippen LogP contribution in [0.15, 0.2) is 12.1 Å². The van der Waals surface area contributed by atoms with Crippen LogP contribution < -0.4 is 4.90 Å². The van der Waals surface area contributed by atoms with Crippen LogP contribution in [0.2, 0.25) is 0 Å². The third-order valence-corrected chi connectivity index (χ3v) is 2.84. The summed E-state index contributed by atoms with van der Waals surface area (Å²) in [6.07, 6.45) is 2.15. The van der Waals surface area contributed by atoms with E-state index in [9.17, 15) is 0 Å². The van der Waals surface area contributed by atoms with Crippen LogP contribution in [0.4, 0.5) is 5.69 Å². The Bertz CT molecular complexity index is 410. The Balaban J connectivity index is 3.35. The number of benzene rings is 1. The molecule has 0 aromatic heterocycles. The molecule has 0 radical (unpaired) electrons. The molecule has 1 aromatic rings. The van der Waals surface area contributed by atoms with Crippen molar-refractivity contribution < 1.29 is 0 Å². The second kappa shape index (κ2) is 4.17. The van der Waals surface area contributed by atoms with E-state index in [1.165, 1.54) is 5.56 Å².